The Bertz CT molecular complexity index is 655. The average Bonchev–Trinajstić information content (AvgIpc) is 2.99. The Morgan fingerprint density at radius 2 is 2.33 bits per heavy atom. The minimum Gasteiger partial charge on any atom is -0.341 e. The van der Waals surface area contributed by atoms with Crippen LogP contribution in [0.15, 0.2) is 35.8 Å². The summed E-state index contributed by atoms with van der Waals surface area (Å²) in [5.41, 5.74) is 6.99. The number of likely N-dealkylation sites (N-methyl/N-ethyl adjacent to an activating group) is 1. The van der Waals surface area contributed by atoms with Gasteiger partial charge in [-0.2, -0.15) is 0 Å². The number of nitrogens with zero attached hydrogens (tertiary/aromatic N) is 2. The van der Waals surface area contributed by atoms with Crippen LogP contribution in [-0.4, -0.2) is 35.9 Å². The standard InChI is InChI=1S/C16H17N3OS/c1-19(10-7-14-5-2-3-9-18-14)16(20)13-11-15(21-12-13)6-4-8-17/h2-3,5,9,11-12H,7-8,10,17H2,1H3. The van der Waals surface area contributed by atoms with Gasteiger partial charge in [-0.3, -0.25) is 9.78 Å². The maximum atomic E-state index is 12.3. The van der Waals surface area contributed by atoms with Crippen LogP contribution in [0, 0.1) is 11.8 Å². The van der Waals surface area contributed by atoms with Crippen LogP contribution in [0.5, 0.6) is 0 Å². The molecule has 0 radical (unpaired) electrons. The number of hydrogen-bond acceptors (Lipinski definition) is 4. The topological polar surface area (TPSA) is 59.2 Å². The van der Waals surface area contributed by atoms with E-state index in [0.29, 0.717) is 18.7 Å². The van der Waals surface area contributed by atoms with Crippen molar-refractivity contribution in [3.05, 3.63) is 52.0 Å². The van der Waals surface area contributed by atoms with Gasteiger partial charge in [-0.15, -0.1) is 11.3 Å². The summed E-state index contributed by atoms with van der Waals surface area (Å²) in [5.74, 6) is 5.73. The lowest BCUT2D eigenvalue weighted by atomic mass is 10.2. The van der Waals surface area contributed by atoms with E-state index in [1.807, 2.05) is 29.6 Å². The zero-order valence-corrected chi connectivity index (χ0v) is 12.7. The van der Waals surface area contributed by atoms with Gasteiger partial charge in [0.05, 0.1) is 17.0 Å². The molecule has 0 bridgehead atoms. The molecule has 2 heterocycles. The summed E-state index contributed by atoms with van der Waals surface area (Å²) < 4.78 is 0. The van der Waals surface area contributed by atoms with Crippen LogP contribution in [0.4, 0.5) is 0 Å². The van der Waals surface area contributed by atoms with Gasteiger partial charge in [0.15, 0.2) is 0 Å². The zero-order chi connectivity index (χ0) is 15.1. The maximum absolute atomic E-state index is 12.3. The highest BCUT2D eigenvalue weighted by atomic mass is 32.1. The first-order valence-corrected chi connectivity index (χ1v) is 7.51. The van der Waals surface area contributed by atoms with E-state index in [9.17, 15) is 4.79 Å². The number of amides is 1. The number of hydrogen-bond donors (Lipinski definition) is 1. The number of rotatable bonds is 4. The summed E-state index contributed by atoms with van der Waals surface area (Å²) in [6, 6.07) is 7.61. The molecule has 2 N–H and O–H groups in total. The highest BCUT2D eigenvalue weighted by Gasteiger charge is 2.13. The van der Waals surface area contributed by atoms with Crippen molar-refractivity contribution < 1.29 is 4.79 Å². The van der Waals surface area contributed by atoms with E-state index in [0.717, 1.165) is 17.0 Å². The van der Waals surface area contributed by atoms with E-state index in [1.54, 1.807) is 18.1 Å². The van der Waals surface area contributed by atoms with Gasteiger partial charge in [-0.25, -0.2) is 0 Å². The Kier molecular flexibility index (Phi) is 5.50. The summed E-state index contributed by atoms with van der Waals surface area (Å²) in [4.78, 5) is 19.1. The van der Waals surface area contributed by atoms with Gasteiger partial charge < -0.3 is 10.6 Å². The molecule has 0 spiro atoms. The van der Waals surface area contributed by atoms with Crippen LogP contribution in [0.3, 0.4) is 0 Å². The summed E-state index contributed by atoms with van der Waals surface area (Å²) >= 11 is 1.46. The molecule has 0 aromatic carbocycles. The molecule has 2 aromatic heterocycles. The molecule has 0 unspecified atom stereocenters. The Hall–Kier alpha value is -2.16. The van der Waals surface area contributed by atoms with Crippen LogP contribution in [0.25, 0.3) is 0 Å². The second kappa shape index (κ2) is 7.58. The SMILES string of the molecule is CN(CCc1ccccn1)C(=O)c1csc(C#CCN)c1. The van der Waals surface area contributed by atoms with Gasteiger partial charge in [0.1, 0.15) is 0 Å². The quantitative estimate of drug-likeness (QED) is 0.875. The molecule has 2 aromatic rings. The molecule has 0 fully saturated rings. The van der Waals surface area contributed by atoms with Gasteiger partial charge in [0.25, 0.3) is 5.91 Å². The van der Waals surface area contributed by atoms with Crippen LogP contribution in [0.2, 0.25) is 0 Å². The lowest BCUT2D eigenvalue weighted by Gasteiger charge is -2.15. The van der Waals surface area contributed by atoms with Crippen molar-refractivity contribution in [1.82, 2.24) is 9.88 Å². The van der Waals surface area contributed by atoms with Gasteiger partial charge in [-0.05, 0) is 18.2 Å². The fourth-order valence-electron chi connectivity index (χ4n) is 1.80. The molecule has 21 heavy (non-hydrogen) atoms. The molecule has 108 valence electrons. The molecule has 0 atom stereocenters. The predicted molar refractivity (Wildman–Crippen MR) is 85.2 cm³/mol. The van der Waals surface area contributed by atoms with Gasteiger partial charge >= 0.3 is 0 Å². The fraction of sp³-hybridized carbons (Fsp3) is 0.250. The molecule has 0 aliphatic rings. The van der Waals surface area contributed by atoms with Crippen molar-refractivity contribution in [2.24, 2.45) is 5.73 Å². The number of carbonyl (C=O) groups is 1. The minimum atomic E-state index is 0.00276. The molecule has 0 saturated heterocycles. The summed E-state index contributed by atoms with van der Waals surface area (Å²) in [6.07, 6.45) is 2.51. The molecule has 0 saturated carbocycles. The van der Waals surface area contributed by atoms with Gasteiger partial charge in [-0.1, -0.05) is 17.9 Å². The Morgan fingerprint density at radius 1 is 1.48 bits per heavy atom. The van der Waals surface area contributed by atoms with E-state index < -0.39 is 0 Å². The smallest absolute Gasteiger partial charge is 0.254 e. The van der Waals surface area contributed by atoms with Crippen LogP contribution in [-0.2, 0) is 6.42 Å². The highest BCUT2D eigenvalue weighted by Crippen LogP contribution is 2.15. The normalized spacial score (nSPS) is 9.81. The molecule has 2 rings (SSSR count). The third-order valence-electron chi connectivity index (χ3n) is 2.94. The number of nitrogens with two attached hydrogens (primary N) is 1. The monoisotopic (exact) mass is 299 g/mol. The first kappa shape index (κ1) is 15.2. The summed E-state index contributed by atoms with van der Waals surface area (Å²) in [6.45, 7) is 0.959. The number of thiophene rings is 1. The van der Waals surface area contributed by atoms with E-state index >= 15 is 0 Å². The largest absolute Gasteiger partial charge is 0.341 e. The molecule has 0 aliphatic heterocycles. The van der Waals surface area contributed by atoms with E-state index in [1.165, 1.54) is 11.3 Å². The third kappa shape index (κ3) is 4.42. The van der Waals surface area contributed by atoms with Crippen LogP contribution in [0.1, 0.15) is 20.9 Å². The van der Waals surface area contributed by atoms with Crippen molar-refractivity contribution in [2.45, 2.75) is 6.42 Å². The van der Waals surface area contributed by atoms with Crippen molar-refractivity contribution >= 4 is 17.2 Å². The molecule has 0 aliphatic carbocycles. The molecular weight excluding hydrogens is 282 g/mol. The highest BCUT2D eigenvalue weighted by molar-refractivity contribution is 7.10. The maximum Gasteiger partial charge on any atom is 0.254 e. The predicted octanol–water partition coefficient (Wildman–Crippen LogP) is 1.77. The molecular formula is C16H17N3OS. The second-order valence-electron chi connectivity index (χ2n) is 4.50. The minimum absolute atomic E-state index is 0.00276. The van der Waals surface area contributed by atoms with Crippen LogP contribution < -0.4 is 5.73 Å². The number of carbonyl (C=O) groups excluding carboxylic acids is 1. The first-order chi connectivity index (χ1) is 10.2. The lowest BCUT2D eigenvalue weighted by Crippen LogP contribution is -2.28. The fourth-order valence-corrected chi connectivity index (χ4v) is 2.55. The Labute approximate surface area is 128 Å². The van der Waals surface area contributed by atoms with Gasteiger partial charge in [0, 0.05) is 37.3 Å². The van der Waals surface area contributed by atoms with Crippen molar-refractivity contribution in [1.29, 1.82) is 0 Å². The second-order valence-corrected chi connectivity index (χ2v) is 5.41. The third-order valence-corrected chi connectivity index (χ3v) is 3.78. The zero-order valence-electron chi connectivity index (χ0n) is 11.9. The van der Waals surface area contributed by atoms with Crippen LogP contribution >= 0.6 is 11.3 Å². The Balaban J connectivity index is 1.94. The van der Waals surface area contributed by atoms with Gasteiger partial charge in [0.2, 0.25) is 0 Å². The number of aromatic nitrogens is 1. The average molecular weight is 299 g/mol. The summed E-state index contributed by atoms with van der Waals surface area (Å²) in [5, 5.41) is 1.83. The van der Waals surface area contributed by atoms with E-state index in [4.69, 9.17) is 5.73 Å². The molecule has 4 nitrogen and oxygen atoms in total. The number of pyridine rings is 1. The first-order valence-electron chi connectivity index (χ1n) is 6.63. The van der Waals surface area contributed by atoms with E-state index in [2.05, 4.69) is 16.8 Å². The summed E-state index contributed by atoms with van der Waals surface area (Å²) in [7, 11) is 1.80. The Morgan fingerprint density at radius 3 is 3.05 bits per heavy atom. The van der Waals surface area contributed by atoms with E-state index in [-0.39, 0.29) is 5.91 Å². The van der Waals surface area contributed by atoms with Crippen molar-refractivity contribution in [2.75, 3.05) is 20.1 Å². The molecule has 5 heteroatoms. The molecule has 1 amide bonds. The van der Waals surface area contributed by atoms with Crippen molar-refractivity contribution in [3.8, 4) is 11.8 Å². The van der Waals surface area contributed by atoms with Crippen molar-refractivity contribution in [3.63, 3.8) is 0 Å². The lowest BCUT2D eigenvalue weighted by molar-refractivity contribution is 0.0797.